The highest BCUT2D eigenvalue weighted by molar-refractivity contribution is 8.02. The number of thioether (sulfide) groups is 3. The standard InChI is InChI=1S/C48H57N9O15S3/c1-46(2)31(43(67)68)54-38(73-46)27(52-35(62)25(49)19-7-13-22(58)14-8-19)37(64)51-26(20-9-15-23(59)16-10-20)36(63)53-28(39-55-32(44(69)70)47(3,4)74-39)40(65)56(29(34(50)61)21-11-17-24(60)18-12-21)30-41(66)57-33(45(71)72)48(5,6)75-42(30)57/h7-18,25-33,38-39,42,54-55,58-60H,49H2,1-6H3,(H2,50,61)(H,51,64)(H,52,62)(H,53,63)(H,67,68)(H,69,70)(H,71,72)/t25?,26?,27?,28?,29-,30-,31+,32+,33+,38-,39-,42-/m1/s1. The molecule has 15 N–H and O–H groups in total. The molecule has 75 heavy (non-hydrogen) atoms. The molecule has 3 aromatic carbocycles. The summed E-state index contributed by atoms with van der Waals surface area (Å²) in [5.74, 6) is -11.1. The van der Waals surface area contributed by atoms with Gasteiger partial charge in [-0.1, -0.05) is 36.4 Å². The second kappa shape index (κ2) is 21.1. The predicted molar refractivity (Wildman–Crippen MR) is 272 cm³/mol. The Morgan fingerprint density at radius 1 is 0.600 bits per heavy atom. The maximum atomic E-state index is 15.9. The van der Waals surface area contributed by atoms with Crippen molar-refractivity contribution in [1.29, 1.82) is 0 Å². The number of fused-ring (bicyclic) bond motifs is 1. The van der Waals surface area contributed by atoms with E-state index in [0.29, 0.717) is 0 Å². The lowest BCUT2D eigenvalue weighted by molar-refractivity contribution is -0.172. The number of hydrogen-bond acceptors (Lipinski definition) is 18. The first-order chi connectivity index (χ1) is 34.9. The van der Waals surface area contributed by atoms with E-state index >= 15 is 9.59 Å². The van der Waals surface area contributed by atoms with E-state index < -0.39 is 138 Å². The summed E-state index contributed by atoms with van der Waals surface area (Å²) in [6, 6.07) is 0.545. The molecule has 24 nitrogen and oxygen atoms in total. The number of rotatable bonds is 18. The van der Waals surface area contributed by atoms with E-state index in [1.165, 1.54) is 72.8 Å². The predicted octanol–water partition coefficient (Wildman–Crippen LogP) is -0.0104. The van der Waals surface area contributed by atoms with Gasteiger partial charge in [-0.2, -0.15) is 0 Å². The number of carboxylic acid groups (broad SMARTS) is 3. The minimum Gasteiger partial charge on any atom is -0.508 e. The highest BCUT2D eigenvalue weighted by Gasteiger charge is 2.67. The van der Waals surface area contributed by atoms with Gasteiger partial charge in [0.15, 0.2) is 0 Å². The quantitative estimate of drug-likeness (QED) is 0.0745. The second-order valence-corrected chi connectivity index (χ2v) is 25.3. The van der Waals surface area contributed by atoms with Gasteiger partial charge >= 0.3 is 17.9 Å². The van der Waals surface area contributed by atoms with Crippen LogP contribution in [0.15, 0.2) is 72.8 Å². The molecule has 0 radical (unpaired) electrons. The number of carbonyl (C=O) groups excluding carboxylic acids is 6. The average molecular weight is 1100 g/mol. The van der Waals surface area contributed by atoms with Gasteiger partial charge in [0.05, 0.1) is 10.7 Å². The Morgan fingerprint density at radius 2 is 1.04 bits per heavy atom. The van der Waals surface area contributed by atoms with Crippen LogP contribution in [0.5, 0.6) is 17.2 Å². The molecule has 0 aromatic heterocycles. The van der Waals surface area contributed by atoms with Crippen molar-refractivity contribution in [3.8, 4) is 17.2 Å². The number of hydrogen-bond donors (Lipinski definition) is 13. The largest absolute Gasteiger partial charge is 0.508 e. The number of aromatic hydroxyl groups is 3. The molecule has 4 heterocycles. The van der Waals surface area contributed by atoms with Gasteiger partial charge in [-0.25, -0.2) is 4.79 Å². The van der Waals surface area contributed by atoms with Crippen LogP contribution in [0.1, 0.15) is 76.4 Å². The number of nitrogens with one attached hydrogen (secondary N) is 5. The normalized spacial score (nSPS) is 26.0. The topological polar surface area (TPSA) is 394 Å². The van der Waals surface area contributed by atoms with E-state index in [1.54, 1.807) is 41.5 Å². The molecule has 4 aliphatic heterocycles. The minimum atomic E-state index is -1.97. The van der Waals surface area contributed by atoms with Crippen LogP contribution in [-0.4, -0.2) is 160 Å². The minimum absolute atomic E-state index is 0.0167. The maximum Gasteiger partial charge on any atom is 0.327 e. The van der Waals surface area contributed by atoms with Crippen LogP contribution in [0.4, 0.5) is 0 Å². The zero-order valence-electron chi connectivity index (χ0n) is 41.0. The van der Waals surface area contributed by atoms with Crippen molar-refractivity contribution in [1.82, 2.24) is 36.4 Å². The van der Waals surface area contributed by atoms with Gasteiger partial charge in [0.25, 0.3) is 0 Å². The van der Waals surface area contributed by atoms with Gasteiger partial charge in [-0.3, -0.25) is 49.0 Å². The molecule has 402 valence electrons. The summed E-state index contributed by atoms with van der Waals surface area (Å²) in [6.45, 7) is 9.45. The zero-order valence-corrected chi connectivity index (χ0v) is 43.4. The summed E-state index contributed by atoms with van der Waals surface area (Å²) < 4.78 is -3.47. The summed E-state index contributed by atoms with van der Waals surface area (Å²) in [6.07, 6.45) is 0. The Labute approximate surface area is 441 Å². The fourth-order valence-corrected chi connectivity index (χ4v) is 14.3. The molecule has 0 saturated carbocycles. The SMILES string of the molecule is CC1(C)S[C@@H]2[C@H](N(C(=O)C(NC(=O)C(NC(=O)C(NC(=O)C(N)c3ccc(O)cc3)[C@@H]3N[C@@H](C(=O)O)C(C)(C)S3)c3ccc(O)cc3)[C@@H]3N[C@@H](C(=O)O)C(C)(C)S3)[C@@H](C(N)=O)c3ccc(O)cc3)C(=O)N2[C@H]1C(=O)O. The molecular formula is C48H57N9O15S3. The van der Waals surface area contributed by atoms with E-state index in [4.69, 9.17) is 11.5 Å². The van der Waals surface area contributed by atoms with Crippen molar-refractivity contribution in [2.75, 3.05) is 0 Å². The molecule has 6 amide bonds. The van der Waals surface area contributed by atoms with Gasteiger partial charge in [0.2, 0.25) is 35.4 Å². The van der Waals surface area contributed by atoms with Crippen molar-refractivity contribution < 1.29 is 73.8 Å². The molecule has 4 saturated heterocycles. The number of carboxylic acids is 3. The summed E-state index contributed by atoms with van der Waals surface area (Å²) in [4.78, 5) is 128. The number of nitrogens with zero attached hydrogens (tertiary/aromatic N) is 2. The lowest BCUT2D eigenvalue weighted by atomic mass is 9.92. The Morgan fingerprint density at radius 3 is 1.48 bits per heavy atom. The van der Waals surface area contributed by atoms with Crippen molar-refractivity contribution in [3.63, 3.8) is 0 Å². The Hall–Kier alpha value is -6.78. The summed E-state index contributed by atoms with van der Waals surface area (Å²) in [5, 5.41) is 71.0. The number of carbonyl (C=O) groups is 9. The molecule has 0 aliphatic carbocycles. The Bertz CT molecular complexity index is 2790. The van der Waals surface area contributed by atoms with E-state index in [2.05, 4.69) is 26.6 Å². The number of amides is 6. The number of aliphatic carboxylic acids is 3. The fraction of sp³-hybridized carbons (Fsp3) is 0.438. The Kier molecular flexibility index (Phi) is 15.7. The highest BCUT2D eigenvalue weighted by Crippen LogP contribution is 2.53. The Balaban J connectivity index is 1.32. The number of primary amides is 1. The molecule has 12 atom stereocenters. The van der Waals surface area contributed by atoms with Crippen LogP contribution in [0.3, 0.4) is 0 Å². The van der Waals surface area contributed by atoms with Crippen LogP contribution in [-0.2, 0) is 43.2 Å². The van der Waals surface area contributed by atoms with Gasteiger partial charge in [-0.05, 0) is 94.6 Å². The third kappa shape index (κ3) is 11.1. The van der Waals surface area contributed by atoms with E-state index in [1.807, 2.05) is 0 Å². The molecule has 4 fully saturated rings. The van der Waals surface area contributed by atoms with Crippen LogP contribution >= 0.6 is 35.3 Å². The maximum absolute atomic E-state index is 15.9. The molecule has 4 aliphatic rings. The number of β-lactam (4-membered cyclic amide) rings is 1. The lowest BCUT2D eigenvalue weighted by Crippen LogP contribution is -2.74. The van der Waals surface area contributed by atoms with Gasteiger partial charge in [0.1, 0.15) is 77.0 Å². The monoisotopic (exact) mass is 1100 g/mol. The number of benzene rings is 3. The molecule has 0 spiro atoms. The molecule has 27 heteroatoms. The molecular weight excluding hydrogens is 1040 g/mol. The third-order valence-electron chi connectivity index (χ3n) is 13.4. The van der Waals surface area contributed by atoms with Gasteiger partial charge in [-0.15, -0.1) is 35.3 Å². The van der Waals surface area contributed by atoms with E-state index in [-0.39, 0.29) is 33.9 Å². The van der Waals surface area contributed by atoms with Crippen LogP contribution in [0.25, 0.3) is 0 Å². The molecule has 7 rings (SSSR count). The summed E-state index contributed by atoms with van der Waals surface area (Å²) >= 11 is 2.91. The van der Waals surface area contributed by atoms with E-state index in [0.717, 1.165) is 45.1 Å². The van der Waals surface area contributed by atoms with Gasteiger partial charge < -0.3 is 67.9 Å². The first-order valence-corrected chi connectivity index (χ1v) is 25.8. The van der Waals surface area contributed by atoms with Crippen molar-refractivity contribution in [2.45, 2.75) is 126 Å². The van der Waals surface area contributed by atoms with Gasteiger partial charge in [0, 0.05) is 14.2 Å². The number of phenolic OH excluding ortho intramolecular Hbond substituents is 3. The smallest absolute Gasteiger partial charge is 0.327 e. The zero-order chi connectivity index (χ0) is 55.4. The first kappa shape index (κ1) is 56.0. The lowest BCUT2D eigenvalue weighted by Gasteiger charge is -2.50. The van der Waals surface area contributed by atoms with Crippen molar-refractivity contribution in [3.05, 3.63) is 89.5 Å². The van der Waals surface area contributed by atoms with Crippen molar-refractivity contribution in [2.24, 2.45) is 11.5 Å². The molecule has 3 aromatic rings. The second-order valence-electron chi connectivity index (χ2n) is 19.9. The average Bonchev–Trinajstić information content (AvgIpc) is 3.93. The van der Waals surface area contributed by atoms with Crippen LogP contribution in [0.2, 0.25) is 0 Å². The first-order valence-electron chi connectivity index (χ1n) is 23.2. The van der Waals surface area contributed by atoms with E-state index in [9.17, 15) is 64.2 Å². The van der Waals surface area contributed by atoms with Crippen molar-refractivity contribution >= 4 is 88.6 Å². The van der Waals surface area contributed by atoms with Crippen LogP contribution < -0.4 is 38.1 Å². The van der Waals surface area contributed by atoms with Crippen LogP contribution in [0, 0.1) is 0 Å². The fourth-order valence-electron chi connectivity index (χ4n) is 9.66. The highest BCUT2D eigenvalue weighted by atomic mass is 32.2. The number of phenols is 3. The molecule has 4 unspecified atom stereocenters. The third-order valence-corrected chi connectivity index (χ3v) is 18.0. The molecule has 0 bridgehead atoms. The number of nitrogens with two attached hydrogens (primary N) is 2. The summed E-state index contributed by atoms with van der Waals surface area (Å²) in [7, 11) is 0. The summed E-state index contributed by atoms with van der Waals surface area (Å²) in [5.41, 5.74) is 12.6.